The van der Waals surface area contributed by atoms with Crippen molar-refractivity contribution < 1.29 is 22.8 Å². The molecule has 0 fully saturated rings. The first kappa shape index (κ1) is 34.6. The van der Waals surface area contributed by atoms with E-state index in [1.54, 1.807) is 0 Å². The zero-order valence-electron chi connectivity index (χ0n) is 24.0. The molecule has 0 unspecified atom stereocenters. The molecule has 0 rings (SSSR count). The maximum atomic E-state index is 6.41. The van der Waals surface area contributed by atoms with Crippen molar-refractivity contribution in [2.24, 2.45) is 0 Å². The summed E-state index contributed by atoms with van der Waals surface area (Å²) >= 11 is 0. The van der Waals surface area contributed by atoms with Gasteiger partial charge in [0.25, 0.3) is 15.4 Å². The Bertz CT molecular complexity index is 409. The molecule has 0 bridgehead atoms. The van der Waals surface area contributed by atoms with Crippen molar-refractivity contribution in [2.75, 3.05) is 77.3 Å². The lowest BCUT2D eigenvalue weighted by Gasteiger charge is -2.29. The van der Waals surface area contributed by atoms with Gasteiger partial charge in [-0.05, 0) is 59.8 Å². The highest BCUT2D eigenvalue weighted by Gasteiger charge is 2.42. The fraction of sp³-hybridized carbons (Fsp3) is 1.00. The van der Waals surface area contributed by atoms with Gasteiger partial charge in [0.1, 0.15) is 24.6 Å². The molecule has 0 aliphatic heterocycles. The van der Waals surface area contributed by atoms with Crippen molar-refractivity contribution >= 4 is 15.4 Å². The Morgan fingerprint density at radius 3 is 1.24 bits per heavy atom. The van der Waals surface area contributed by atoms with Crippen LogP contribution >= 0.6 is 15.4 Å². The number of rotatable bonds is 25. The van der Waals surface area contributed by atoms with Gasteiger partial charge in [-0.1, -0.05) is 27.7 Å². The fourth-order valence-corrected chi connectivity index (χ4v) is 8.84. The van der Waals surface area contributed by atoms with Gasteiger partial charge in [-0.3, -0.25) is 4.90 Å². The highest BCUT2D eigenvalue weighted by Crippen LogP contribution is 2.62. The van der Waals surface area contributed by atoms with Crippen LogP contribution in [0.25, 0.3) is 0 Å². The van der Waals surface area contributed by atoms with E-state index in [9.17, 15) is 0 Å². The number of ether oxygens (including phenoxy) is 1. The van der Waals surface area contributed by atoms with Crippen molar-refractivity contribution in [3.8, 4) is 0 Å². The third-order valence-electron chi connectivity index (χ3n) is 5.67. The molecule has 6 nitrogen and oxygen atoms in total. The molecule has 0 aliphatic carbocycles. The molecule has 0 aromatic heterocycles. The Balaban J connectivity index is 5.32. The SMILES string of the molecule is CCCO[P+](CC)(CCN(CCCOC(C)C)CC[P+](CC)(OCCC)OCCC)OCCC. The quantitative estimate of drug-likeness (QED) is 0.0903. The highest BCUT2D eigenvalue weighted by atomic mass is 31.2. The Labute approximate surface area is 214 Å². The van der Waals surface area contributed by atoms with Gasteiger partial charge in [0.2, 0.25) is 0 Å². The van der Waals surface area contributed by atoms with Gasteiger partial charge in [0.15, 0.2) is 0 Å². The van der Waals surface area contributed by atoms with Crippen LogP contribution in [0, 0.1) is 0 Å². The van der Waals surface area contributed by atoms with Gasteiger partial charge < -0.3 is 4.74 Å². The molecule has 0 spiro atoms. The fourth-order valence-electron chi connectivity index (χ4n) is 3.57. The Morgan fingerprint density at radius 2 is 0.941 bits per heavy atom. The predicted molar refractivity (Wildman–Crippen MR) is 152 cm³/mol. The van der Waals surface area contributed by atoms with Crippen LogP contribution in [-0.2, 0) is 22.8 Å². The minimum absolute atomic E-state index is 0.278. The number of hydrogen-bond donors (Lipinski definition) is 0. The summed E-state index contributed by atoms with van der Waals surface area (Å²) in [6, 6.07) is 0. The molecule has 0 N–H and O–H groups in total. The van der Waals surface area contributed by atoms with Crippen LogP contribution in [0.15, 0.2) is 0 Å². The molecule has 0 radical (unpaired) electrons. The van der Waals surface area contributed by atoms with Crippen molar-refractivity contribution in [1.29, 1.82) is 0 Å². The maximum absolute atomic E-state index is 6.41. The minimum atomic E-state index is -1.85. The van der Waals surface area contributed by atoms with Crippen LogP contribution in [0.1, 0.15) is 87.5 Å². The van der Waals surface area contributed by atoms with Crippen molar-refractivity contribution in [2.45, 2.75) is 93.6 Å². The molecule has 0 heterocycles. The molecule has 0 aromatic carbocycles. The monoisotopic (exact) mass is 527 g/mol. The summed E-state index contributed by atoms with van der Waals surface area (Å²) in [5.41, 5.74) is 0. The van der Waals surface area contributed by atoms with Crippen LogP contribution in [0.3, 0.4) is 0 Å². The topological polar surface area (TPSA) is 49.4 Å². The standard InChI is InChI=1S/C26H59NO5P2/c1-9-19-29-33(13-5,30-20-10-2)24-17-27(16-15-23-28-26(7)8)18-25-34(14-6,31-21-11-3)32-22-12-4/h26H,9-25H2,1-8H3/q+2. The lowest BCUT2D eigenvalue weighted by atomic mass is 10.4. The Morgan fingerprint density at radius 1 is 0.559 bits per heavy atom. The molecular formula is C26H59NO5P2+2. The van der Waals surface area contributed by atoms with E-state index in [4.69, 9.17) is 22.8 Å². The molecule has 0 aliphatic rings. The minimum Gasteiger partial charge on any atom is -0.379 e. The summed E-state index contributed by atoms with van der Waals surface area (Å²) in [4.78, 5) is 2.58. The van der Waals surface area contributed by atoms with Crippen molar-refractivity contribution in [3.05, 3.63) is 0 Å². The predicted octanol–water partition coefficient (Wildman–Crippen LogP) is 7.54. The number of hydrogen-bond acceptors (Lipinski definition) is 6. The summed E-state index contributed by atoms with van der Waals surface area (Å²) in [6.07, 6.45) is 9.34. The summed E-state index contributed by atoms with van der Waals surface area (Å²) < 4.78 is 31.4. The van der Waals surface area contributed by atoms with Crippen molar-refractivity contribution in [3.63, 3.8) is 0 Å². The van der Waals surface area contributed by atoms with E-state index < -0.39 is 15.4 Å². The van der Waals surface area contributed by atoms with Gasteiger partial charge >= 0.3 is 0 Å². The normalized spacial score (nSPS) is 12.9. The smallest absolute Gasteiger partial charge is 0.276 e. The average molecular weight is 528 g/mol. The van der Waals surface area contributed by atoms with Crippen molar-refractivity contribution in [1.82, 2.24) is 4.90 Å². The summed E-state index contributed by atoms with van der Waals surface area (Å²) in [6.45, 7) is 24.3. The van der Waals surface area contributed by atoms with Gasteiger partial charge in [0.05, 0.1) is 32.5 Å². The lowest BCUT2D eigenvalue weighted by molar-refractivity contribution is 0.0711. The summed E-state index contributed by atoms with van der Waals surface area (Å²) in [7, 11) is -3.70. The van der Waals surface area contributed by atoms with E-state index in [1.165, 1.54) is 0 Å². The second-order valence-corrected chi connectivity index (χ2v) is 15.6. The van der Waals surface area contributed by atoms with E-state index in [-0.39, 0.29) is 6.10 Å². The van der Waals surface area contributed by atoms with Crippen LogP contribution in [-0.4, -0.2) is 88.3 Å². The Kier molecular flexibility index (Phi) is 22.1. The highest BCUT2D eigenvalue weighted by molar-refractivity contribution is 7.66. The first-order chi connectivity index (χ1) is 16.4. The summed E-state index contributed by atoms with van der Waals surface area (Å²) in [5.74, 6) is 0. The van der Waals surface area contributed by atoms with Gasteiger partial charge in [-0.25, -0.2) is 18.1 Å². The van der Waals surface area contributed by atoms with Crippen LogP contribution in [0.5, 0.6) is 0 Å². The van der Waals surface area contributed by atoms with Gasteiger partial charge in [-0.2, -0.15) is 0 Å². The zero-order valence-corrected chi connectivity index (χ0v) is 25.8. The average Bonchev–Trinajstić information content (AvgIpc) is 2.85. The zero-order chi connectivity index (χ0) is 25.7. The van der Waals surface area contributed by atoms with E-state index in [1.807, 2.05) is 0 Å². The Hall–Kier alpha value is 0.620. The molecule has 0 saturated heterocycles. The third-order valence-corrected chi connectivity index (χ3v) is 12.0. The number of nitrogens with zero attached hydrogens (tertiary/aromatic N) is 1. The third kappa shape index (κ3) is 15.7. The molecule has 206 valence electrons. The second kappa shape index (κ2) is 21.7. The second-order valence-electron chi connectivity index (χ2n) is 9.16. The summed E-state index contributed by atoms with van der Waals surface area (Å²) in [5, 5.41) is 0. The molecule has 0 saturated carbocycles. The molecule has 8 heteroatoms. The van der Waals surface area contributed by atoms with Crippen LogP contribution in [0.2, 0.25) is 0 Å². The first-order valence-corrected chi connectivity index (χ1v) is 18.0. The van der Waals surface area contributed by atoms with E-state index in [2.05, 4.69) is 60.3 Å². The van der Waals surface area contributed by atoms with E-state index in [0.717, 1.165) is 109 Å². The first-order valence-electron chi connectivity index (χ1n) is 14.0. The van der Waals surface area contributed by atoms with E-state index >= 15 is 0 Å². The van der Waals surface area contributed by atoms with Gasteiger partial charge in [-0.15, -0.1) is 0 Å². The molecule has 0 atom stereocenters. The molecular weight excluding hydrogens is 468 g/mol. The van der Waals surface area contributed by atoms with Gasteiger partial charge in [0, 0.05) is 26.2 Å². The molecule has 0 amide bonds. The van der Waals surface area contributed by atoms with Crippen LogP contribution < -0.4 is 0 Å². The van der Waals surface area contributed by atoms with Crippen LogP contribution in [0.4, 0.5) is 0 Å². The largest absolute Gasteiger partial charge is 0.379 e. The molecule has 0 aromatic rings. The molecule has 34 heavy (non-hydrogen) atoms. The van der Waals surface area contributed by atoms with E-state index in [0.29, 0.717) is 0 Å². The lowest BCUT2D eigenvalue weighted by Crippen LogP contribution is -2.34. The maximum Gasteiger partial charge on any atom is 0.276 e.